The van der Waals surface area contributed by atoms with Gasteiger partial charge >= 0.3 is 0 Å². The monoisotopic (exact) mass is 426 g/mol. The second-order valence-electron chi connectivity index (χ2n) is 5.95. The average molecular weight is 428 g/mol. The van der Waals surface area contributed by atoms with Gasteiger partial charge in [0.1, 0.15) is 5.60 Å². The highest BCUT2D eigenvalue weighted by atomic mass is 35.5. The van der Waals surface area contributed by atoms with Crippen LogP contribution in [0.5, 0.6) is 0 Å². The highest BCUT2D eigenvalue weighted by molar-refractivity contribution is 7.99. The molecular formula is C19H17Cl3N2OS. The smallest absolute Gasteiger partial charge is 0.108 e. The summed E-state index contributed by atoms with van der Waals surface area (Å²) < 4.78 is 1.87. The summed E-state index contributed by atoms with van der Waals surface area (Å²) in [7, 11) is 0. The molecule has 1 heterocycles. The van der Waals surface area contributed by atoms with Crippen molar-refractivity contribution in [3.05, 3.63) is 81.8 Å². The van der Waals surface area contributed by atoms with E-state index in [4.69, 9.17) is 34.8 Å². The maximum absolute atomic E-state index is 11.4. The highest BCUT2D eigenvalue weighted by Crippen LogP contribution is 2.33. The Labute approximate surface area is 171 Å². The SMILES string of the molecule is OC(CCSc1ccc(Cl)c(Cl)c1)(Cn1ccnc1)c1ccc(Cl)cc1. The van der Waals surface area contributed by atoms with Crippen LogP contribution in [0.25, 0.3) is 0 Å². The molecule has 0 amide bonds. The van der Waals surface area contributed by atoms with Crippen LogP contribution in [-0.4, -0.2) is 20.4 Å². The summed E-state index contributed by atoms with van der Waals surface area (Å²) in [5, 5.41) is 13.1. The third kappa shape index (κ3) is 4.96. The molecule has 3 nitrogen and oxygen atoms in total. The highest BCUT2D eigenvalue weighted by Gasteiger charge is 2.29. The summed E-state index contributed by atoms with van der Waals surface area (Å²) >= 11 is 19.6. The zero-order chi connectivity index (χ0) is 18.6. The van der Waals surface area contributed by atoms with E-state index in [-0.39, 0.29) is 0 Å². The molecule has 0 saturated carbocycles. The Balaban J connectivity index is 1.74. The number of nitrogens with zero attached hydrogens (tertiary/aromatic N) is 2. The van der Waals surface area contributed by atoms with Gasteiger partial charge in [0.2, 0.25) is 0 Å². The van der Waals surface area contributed by atoms with Crippen LogP contribution in [0.1, 0.15) is 12.0 Å². The number of aromatic nitrogens is 2. The van der Waals surface area contributed by atoms with Crippen molar-refractivity contribution in [1.82, 2.24) is 9.55 Å². The van der Waals surface area contributed by atoms with Gasteiger partial charge in [-0.05, 0) is 42.3 Å². The average Bonchev–Trinajstić information content (AvgIpc) is 3.11. The molecule has 0 spiro atoms. The number of halogens is 3. The summed E-state index contributed by atoms with van der Waals surface area (Å²) in [6.07, 6.45) is 5.80. The summed E-state index contributed by atoms with van der Waals surface area (Å²) in [5.41, 5.74) is -0.209. The number of benzene rings is 2. The lowest BCUT2D eigenvalue weighted by Crippen LogP contribution is -2.32. The van der Waals surface area contributed by atoms with Crippen molar-refractivity contribution in [2.75, 3.05) is 5.75 Å². The lowest BCUT2D eigenvalue weighted by Gasteiger charge is -2.29. The van der Waals surface area contributed by atoms with Gasteiger partial charge in [0, 0.05) is 28.1 Å². The van der Waals surface area contributed by atoms with E-state index in [0.29, 0.717) is 33.8 Å². The van der Waals surface area contributed by atoms with Gasteiger partial charge in [-0.2, -0.15) is 0 Å². The molecule has 1 atom stereocenters. The maximum Gasteiger partial charge on any atom is 0.108 e. The van der Waals surface area contributed by atoms with Gasteiger partial charge in [-0.3, -0.25) is 0 Å². The van der Waals surface area contributed by atoms with E-state index in [1.807, 2.05) is 35.0 Å². The van der Waals surface area contributed by atoms with Crippen LogP contribution in [0.15, 0.2) is 66.1 Å². The Hall–Kier alpha value is -1.17. The van der Waals surface area contributed by atoms with E-state index in [2.05, 4.69) is 4.98 Å². The molecule has 0 bridgehead atoms. The molecule has 1 unspecified atom stereocenters. The molecule has 136 valence electrons. The Kier molecular flexibility index (Phi) is 6.54. The molecule has 0 radical (unpaired) electrons. The first-order valence-corrected chi connectivity index (χ1v) is 10.1. The first-order chi connectivity index (χ1) is 12.5. The first kappa shape index (κ1) is 19.6. The normalized spacial score (nSPS) is 13.5. The van der Waals surface area contributed by atoms with Gasteiger partial charge in [0.25, 0.3) is 0 Å². The van der Waals surface area contributed by atoms with Crippen LogP contribution in [0.3, 0.4) is 0 Å². The molecular weight excluding hydrogens is 411 g/mol. The fourth-order valence-electron chi connectivity index (χ4n) is 2.66. The Morgan fingerprint density at radius 3 is 2.46 bits per heavy atom. The molecule has 7 heteroatoms. The van der Waals surface area contributed by atoms with Gasteiger partial charge in [-0.1, -0.05) is 46.9 Å². The van der Waals surface area contributed by atoms with Gasteiger partial charge in [0.15, 0.2) is 0 Å². The van der Waals surface area contributed by atoms with Crippen LogP contribution >= 0.6 is 46.6 Å². The van der Waals surface area contributed by atoms with Crippen molar-refractivity contribution >= 4 is 46.6 Å². The molecule has 0 aliphatic carbocycles. The minimum Gasteiger partial charge on any atom is -0.383 e. The number of rotatable bonds is 7. The predicted molar refractivity (Wildman–Crippen MR) is 109 cm³/mol. The van der Waals surface area contributed by atoms with E-state index >= 15 is 0 Å². The Bertz CT molecular complexity index is 856. The summed E-state index contributed by atoms with van der Waals surface area (Å²) in [4.78, 5) is 5.07. The van der Waals surface area contributed by atoms with Gasteiger partial charge in [-0.25, -0.2) is 4.98 Å². The number of thioether (sulfide) groups is 1. The van der Waals surface area contributed by atoms with Crippen LogP contribution in [-0.2, 0) is 12.1 Å². The van der Waals surface area contributed by atoms with Gasteiger partial charge < -0.3 is 9.67 Å². The fourth-order valence-corrected chi connectivity index (χ4v) is 4.19. The van der Waals surface area contributed by atoms with Gasteiger partial charge in [-0.15, -0.1) is 11.8 Å². The van der Waals surface area contributed by atoms with Crippen molar-refractivity contribution in [3.8, 4) is 0 Å². The second kappa shape index (κ2) is 8.68. The van der Waals surface area contributed by atoms with E-state index in [9.17, 15) is 5.11 Å². The number of hydrogen-bond donors (Lipinski definition) is 1. The zero-order valence-corrected chi connectivity index (χ0v) is 16.9. The topological polar surface area (TPSA) is 38.0 Å². The summed E-state index contributed by atoms with van der Waals surface area (Å²) in [6.45, 7) is 0.413. The van der Waals surface area contributed by atoms with E-state index in [1.54, 1.807) is 42.5 Å². The molecule has 0 aliphatic heterocycles. The molecule has 3 rings (SSSR count). The summed E-state index contributed by atoms with van der Waals surface area (Å²) in [5.74, 6) is 0.714. The largest absolute Gasteiger partial charge is 0.383 e. The molecule has 0 fully saturated rings. The minimum absolute atomic E-state index is 0.413. The van der Waals surface area contributed by atoms with Crippen molar-refractivity contribution < 1.29 is 5.11 Å². The summed E-state index contributed by atoms with van der Waals surface area (Å²) in [6, 6.07) is 12.9. The number of imidazole rings is 1. The van der Waals surface area contributed by atoms with Crippen LogP contribution in [0.4, 0.5) is 0 Å². The molecule has 2 aromatic carbocycles. The molecule has 26 heavy (non-hydrogen) atoms. The quantitative estimate of drug-likeness (QED) is 0.476. The Morgan fingerprint density at radius 2 is 1.81 bits per heavy atom. The standard InChI is InChI=1S/C19H17Cl3N2OS/c20-15-3-1-14(2-4-15)19(25,12-24-9-8-23-13-24)7-10-26-16-5-6-17(21)18(22)11-16/h1-6,8-9,11,13,25H,7,10,12H2. The minimum atomic E-state index is -1.03. The molecule has 1 N–H and O–H groups in total. The Morgan fingerprint density at radius 1 is 1.04 bits per heavy atom. The van der Waals surface area contributed by atoms with Crippen molar-refractivity contribution in [1.29, 1.82) is 0 Å². The third-order valence-corrected chi connectivity index (χ3v) is 6.05. The zero-order valence-electron chi connectivity index (χ0n) is 13.8. The van der Waals surface area contributed by atoms with Crippen molar-refractivity contribution in [2.45, 2.75) is 23.5 Å². The van der Waals surface area contributed by atoms with Gasteiger partial charge in [0.05, 0.1) is 22.9 Å². The molecule has 3 aromatic rings. The lowest BCUT2D eigenvalue weighted by molar-refractivity contribution is 0.0155. The van der Waals surface area contributed by atoms with E-state index < -0.39 is 5.60 Å². The second-order valence-corrected chi connectivity index (χ2v) is 8.37. The van der Waals surface area contributed by atoms with E-state index in [1.165, 1.54) is 0 Å². The van der Waals surface area contributed by atoms with Crippen LogP contribution in [0.2, 0.25) is 15.1 Å². The first-order valence-electron chi connectivity index (χ1n) is 7.98. The number of hydrogen-bond acceptors (Lipinski definition) is 3. The van der Waals surface area contributed by atoms with Crippen molar-refractivity contribution in [3.63, 3.8) is 0 Å². The predicted octanol–water partition coefficient (Wildman–Crippen LogP) is 5.91. The third-order valence-electron chi connectivity index (χ3n) is 4.06. The maximum atomic E-state index is 11.4. The lowest BCUT2D eigenvalue weighted by atomic mass is 9.91. The van der Waals surface area contributed by atoms with Crippen molar-refractivity contribution in [2.24, 2.45) is 0 Å². The van der Waals surface area contributed by atoms with Crippen LogP contribution in [0, 0.1) is 0 Å². The van der Waals surface area contributed by atoms with E-state index in [0.717, 1.165) is 10.5 Å². The van der Waals surface area contributed by atoms with Crippen LogP contribution < -0.4 is 0 Å². The number of aliphatic hydroxyl groups is 1. The fraction of sp³-hybridized carbons (Fsp3) is 0.211. The molecule has 1 aromatic heterocycles. The molecule has 0 aliphatic rings. The molecule has 0 saturated heterocycles.